The molecule has 0 saturated carbocycles. The van der Waals surface area contributed by atoms with Crippen LogP contribution < -0.4 is 10.5 Å². The Morgan fingerprint density at radius 3 is 2.30 bits per heavy atom. The number of halogens is 2. The highest BCUT2D eigenvalue weighted by atomic mass is 35.5. The standard InChI is InChI=1S/C13H13Cl2NO4/c1-7(2)10(12(16)17)20-13(18)11(15)19-9-5-3-8(14)4-6-9/h3-6,10-11H,1H2,2H3,(H2,16,17). The van der Waals surface area contributed by atoms with Crippen molar-refractivity contribution < 1.29 is 19.1 Å². The Morgan fingerprint density at radius 2 is 1.85 bits per heavy atom. The highest BCUT2D eigenvalue weighted by molar-refractivity contribution is 6.30. The minimum Gasteiger partial charge on any atom is -0.463 e. The van der Waals surface area contributed by atoms with Crippen LogP contribution in [0, 0.1) is 0 Å². The van der Waals surface area contributed by atoms with Gasteiger partial charge in [-0.3, -0.25) is 4.79 Å². The van der Waals surface area contributed by atoms with Crippen LogP contribution in [-0.4, -0.2) is 23.5 Å². The first-order valence-corrected chi connectivity index (χ1v) is 6.34. The second kappa shape index (κ2) is 7.17. The summed E-state index contributed by atoms with van der Waals surface area (Å²) in [4.78, 5) is 22.8. The first kappa shape index (κ1) is 16.3. The summed E-state index contributed by atoms with van der Waals surface area (Å²) in [6.07, 6.45) is -1.24. The van der Waals surface area contributed by atoms with Crippen molar-refractivity contribution in [1.29, 1.82) is 0 Å². The summed E-state index contributed by atoms with van der Waals surface area (Å²) in [6.45, 7) is 5.01. The number of primary amides is 1. The molecule has 5 nitrogen and oxygen atoms in total. The van der Waals surface area contributed by atoms with Gasteiger partial charge in [0.05, 0.1) is 0 Å². The zero-order valence-electron chi connectivity index (χ0n) is 10.6. The van der Waals surface area contributed by atoms with Crippen LogP contribution in [0.5, 0.6) is 5.75 Å². The van der Waals surface area contributed by atoms with E-state index in [0.29, 0.717) is 16.3 Å². The summed E-state index contributed by atoms with van der Waals surface area (Å²) >= 11 is 11.5. The zero-order valence-corrected chi connectivity index (χ0v) is 12.1. The number of carbonyl (C=O) groups is 2. The lowest BCUT2D eigenvalue weighted by atomic mass is 10.2. The molecule has 2 atom stereocenters. The Balaban J connectivity index is 2.65. The molecule has 1 amide bonds. The number of rotatable bonds is 6. The normalized spacial score (nSPS) is 13.2. The van der Waals surface area contributed by atoms with Gasteiger partial charge in [-0.1, -0.05) is 29.8 Å². The first-order chi connectivity index (χ1) is 9.31. The maximum Gasteiger partial charge on any atom is 0.364 e. The molecule has 1 aromatic rings. The largest absolute Gasteiger partial charge is 0.463 e. The molecule has 1 aromatic carbocycles. The average Bonchev–Trinajstić information content (AvgIpc) is 2.37. The minimum atomic E-state index is -1.42. The molecule has 0 radical (unpaired) electrons. The Hall–Kier alpha value is -1.72. The Morgan fingerprint density at radius 1 is 1.30 bits per heavy atom. The lowest BCUT2D eigenvalue weighted by molar-refractivity contribution is -0.156. The van der Waals surface area contributed by atoms with Gasteiger partial charge >= 0.3 is 5.97 Å². The van der Waals surface area contributed by atoms with Gasteiger partial charge in [0.25, 0.3) is 11.5 Å². The smallest absolute Gasteiger partial charge is 0.364 e. The number of hydrogen-bond donors (Lipinski definition) is 1. The first-order valence-electron chi connectivity index (χ1n) is 5.52. The number of ether oxygens (including phenoxy) is 2. The van der Waals surface area contributed by atoms with Crippen molar-refractivity contribution in [1.82, 2.24) is 0 Å². The number of benzene rings is 1. The van der Waals surface area contributed by atoms with Crippen LogP contribution in [0.1, 0.15) is 6.92 Å². The van der Waals surface area contributed by atoms with Crippen LogP contribution in [0.4, 0.5) is 0 Å². The van der Waals surface area contributed by atoms with Crippen LogP contribution in [0.25, 0.3) is 0 Å². The summed E-state index contributed by atoms with van der Waals surface area (Å²) in [5.74, 6) is -1.44. The second-order valence-electron chi connectivity index (χ2n) is 3.95. The highest BCUT2D eigenvalue weighted by Gasteiger charge is 2.26. The molecule has 0 heterocycles. The summed E-state index contributed by atoms with van der Waals surface area (Å²) in [5.41, 5.74) is 3.95. The molecule has 108 valence electrons. The maximum absolute atomic E-state index is 11.7. The van der Waals surface area contributed by atoms with Crippen LogP contribution >= 0.6 is 23.2 Å². The SMILES string of the molecule is C=C(C)C(OC(=O)C(Cl)Oc1ccc(Cl)cc1)C(N)=O. The molecule has 0 aliphatic rings. The van der Waals surface area contributed by atoms with E-state index in [9.17, 15) is 9.59 Å². The second-order valence-corrected chi connectivity index (χ2v) is 4.79. The van der Waals surface area contributed by atoms with Gasteiger partial charge in [0.2, 0.25) is 6.10 Å². The van der Waals surface area contributed by atoms with Gasteiger partial charge in [-0.15, -0.1) is 0 Å². The molecular weight excluding hydrogens is 305 g/mol. The van der Waals surface area contributed by atoms with E-state index in [0.717, 1.165) is 0 Å². The number of esters is 1. The molecule has 0 saturated heterocycles. The molecule has 2 unspecified atom stereocenters. The van der Waals surface area contributed by atoms with Gasteiger partial charge in [0.1, 0.15) is 5.75 Å². The van der Waals surface area contributed by atoms with Crippen LogP contribution in [0.3, 0.4) is 0 Å². The van der Waals surface area contributed by atoms with Gasteiger partial charge in [-0.25, -0.2) is 4.79 Å². The van der Waals surface area contributed by atoms with Crippen molar-refractivity contribution in [2.24, 2.45) is 5.73 Å². The van der Waals surface area contributed by atoms with Gasteiger partial charge in [-0.05, 0) is 36.8 Å². The monoisotopic (exact) mass is 317 g/mol. The summed E-state index contributed by atoms with van der Waals surface area (Å²) < 4.78 is 9.98. The molecule has 2 N–H and O–H groups in total. The van der Waals surface area contributed by atoms with E-state index in [4.69, 9.17) is 38.4 Å². The Labute approximate surface area is 126 Å². The van der Waals surface area contributed by atoms with Gasteiger partial charge in [0.15, 0.2) is 0 Å². The maximum atomic E-state index is 11.7. The lowest BCUT2D eigenvalue weighted by Crippen LogP contribution is -2.37. The summed E-state index contributed by atoms with van der Waals surface area (Å²) in [7, 11) is 0. The fraction of sp³-hybridized carbons (Fsp3) is 0.231. The lowest BCUT2D eigenvalue weighted by Gasteiger charge is -2.17. The third kappa shape index (κ3) is 4.75. The molecule has 0 aliphatic carbocycles. The Kier molecular flexibility index (Phi) is 5.85. The van der Waals surface area contributed by atoms with Crippen LogP contribution in [0.15, 0.2) is 36.4 Å². The summed E-state index contributed by atoms with van der Waals surface area (Å²) in [5, 5.41) is 0.516. The minimum absolute atomic E-state index is 0.293. The Bertz CT molecular complexity index is 502. The number of hydrogen-bond acceptors (Lipinski definition) is 4. The molecule has 0 aromatic heterocycles. The van der Waals surface area contributed by atoms with E-state index >= 15 is 0 Å². The van der Waals surface area contributed by atoms with E-state index in [-0.39, 0.29) is 0 Å². The van der Waals surface area contributed by atoms with E-state index in [1.807, 2.05) is 0 Å². The van der Waals surface area contributed by atoms with Crippen molar-refractivity contribution in [3.63, 3.8) is 0 Å². The van der Waals surface area contributed by atoms with E-state index in [1.54, 1.807) is 12.1 Å². The number of alkyl halides is 1. The molecule has 20 heavy (non-hydrogen) atoms. The van der Waals surface area contributed by atoms with Crippen LogP contribution in [0.2, 0.25) is 5.02 Å². The van der Waals surface area contributed by atoms with Crippen molar-refractivity contribution in [3.8, 4) is 5.75 Å². The molecule has 7 heteroatoms. The van der Waals surface area contributed by atoms with Gasteiger partial charge in [-0.2, -0.15) is 0 Å². The van der Waals surface area contributed by atoms with Gasteiger partial charge < -0.3 is 15.2 Å². The van der Waals surface area contributed by atoms with E-state index in [2.05, 4.69) is 6.58 Å². The van der Waals surface area contributed by atoms with Crippen molar-refractivity contribution >= 4 is 35.1 Å². The average molecular weight is 318 g/mol. The van der Waals surface area contributed by atoms with Crippen molar-refractivity contribution in [3.05, 3.63) is 41.4 Å². The topological polar surface area (TPSA) is 78.6 Å². The summed E-state index contributed by atoms with van der Waals surface area (Å²) in [6, 6.07) is 6.22. The van der Waals surface area contributed by atoms with Crippen LogP contribution in [-0.2, 0) is 14.3 Å². The molecule has 0 spiro atoms. The predicted molar refractivity (Wildman–Crippen MR) is 75.6 cm³/mol. The fourth-order valence-electron chi connectivity index (χ4n) is 1.25. The zero-order chi connectivity index (χ0) is 15.3. The van der Waals surface area contributed by atoms with E-state index in [1.165, 1.54) is 19.1 Å². The quantitative estimate of drug-likeness (QED) is 0.496. The van der Waals surface area contributed by atoms with Crippen molar-refractivity contribution in [2.45, 2.75) is 18.6 Å². The molecule has 1 rings (SSSR count). The number of amides is 1. The molecule has 0 fully saturated rings. The molecular formula is C13H13Cl2NO4. The highest BCUT2D eigenvalue weighted by Crippen LogP contribution is 2.18. The molecule has 0 aliphatic heterocycles. The molecule has 0 bridgehead atoms. The number of carbonyl (C=O) groups excluding carboxylic acids is 2. The van der Waals surface area contributed by atoms with Gasteiger partial charge in [0, 0.05) is 5.02 Å². The third-order valence-corrected chi connectivity index (χ3v) is 2.70. The van der Waals surface area contributed by atoms with E-state index < -0.39 is 23.5 Å². The fourth-order valence-corrected chi connectivity index (χ4v) is 1.53. The van der Waals surface area contributed by atoms with Crippen molar-refractivity contribution in [2.75, 3.05) is 0 Å². The predicted octanol–water partition coefficient (Wildman–Crippen LogP) is 2.26. The third-order valence-electron chi connectivity index (χ3n) is 2.18. The number of nitrogens with two attached hydrogens (primary N) is 1.